The number of hydrazine groups is 1. The molecule has 4 unspecified atom stereocenters. The number of carbonyl (C=O) groups is 1. The van der Waals surface area contributed by atoms with Gasteiger partial charge in [0.05, 0.1) is 11.2 Å². The second kappa shape index (κ2) is 12.1. The highest BCUT2D eigenvalue weighted by atomic mass is 32.2. The molecular formula is C28H47F3N4O3S. The number of alkyl halides is 3. The van der Waals surface area contributed by atoms with E-state index in [0.717, 1.165) is 70.6 Å². The van der Waals surface area contributed by atoms with E-state index in [2.05, 4.69) is 17.7 Å². The number of fused-ring (bicyclic) bond motifs is 1. The Kier molecular flexibility index (Phi) is 9.20. The number of carbonyl (C=O) groups excluding carboxylic acids is 1. The molecule has 3 aliphatic heterocycles. The van der Waals surface area contributed by atoms with Crippen LogP contribution in [0.2, 0.25) is 0 Å². The molecule has 0 radical (unpaired) electrons. The number of sulfonamides is 1. The van der Waals surface area contributed by atoms with Gasteiger partial charge in [-0.1, -0.05) is 26.2 Å². The smallest absolute Gasteiger partial charge is 0.355 e. The zero-order valence-corrected chi connectivity index (χ0v) is 24.1. The van der Waals surface area contributed by atoms with Gasteiger partial charge in [0, 0.05) is 32.2 Å². The van der Waals surface area contributed by atoms with Gasteiger partial charge in [0.25, 0.3) is 0 Å². The molecule has 0 aromatic rings. The fourth-order valence-corrected chi connectivity index (χ4v) is 10.1. The Morgan fingerprint density at radius 1 is 0.897 bits per heavy atom. The number of hydrogen-bond acceptors (Lipinski definition) is 5. The summed E-state index contributed by atoms with van der Waals surface area (Å²) in [6.45, 7) is 4.12. The number of rotatable bonds is 6. The number of hydrogen-bond donors (Lipinski definition) is 2. The summed E-state index contributed by atoms with van der Waals surface area (Å²) in [5, 5.41) is 4.30. The van der Waals surface area contributed by atoms with Crippen LogP contribution in [0, 0.1) is 29.6 Å². The molecule has 1 amide bonds. The largest absolute Gasteiger partial charge is 0.406 e. The summed E-state index contributed by atoms with van der Waals surface area (Å²) in [6.07, 6.45) is 7.17. The highest BCUT2D eigenvalue weighted by Gasteiger charge is 2.58. The van der Waals surface area contributed by atoms with E-state index < -0.39 is 40.1 Å². The monoisotopic (exact) mass is 576 g/mol. The highest BCUT2D eigenvalue weighted by molar-refractivity contribution is 7.89. The van der Waals surface area contributed by atoms with Crippen LogP contribution in [0.25, 0.3) is 0 Å². The minimum atomic E-state index is -4.50. The minimum absolute atomic E-state index is 0.203. The minimum Gasteiger partial charge on any atom is -0.355 e. The van der Waals surface area contributed by atoms with Crippen LogP contribution in [-0.4, -0.2) is 73.3 Å². The van der Waals surface area contributed by atoms with E-state index >= 15 is 0 Å². The van der Waals surface area contributed by atoms with E-state index in [1.165, 1.54) is 6.42 Å². The Labute approximate surface area is 232 Å². The van der Waals surface area contributed by atoms with Crippen LogP contribution in [0.15, 0.2) is 0 Å². The zero-order valence-electron chi connectivity index (χ0n) is 23.3. The first kappa shape index (κ1) is 29.6. The third kappa shape index (κ3) is 6.61. The van der Waals surface area contributed by atoms with E-state index in [4.69, 9.17) is 0 Å². The van der Waals surface area contributed by atoms with Gasteiger partial charge in [0.1, 0.15) is 6.04 Å². The van der Waals surface area contributed by atoms with Crippen molar-refractivity contribution in [2.24, 2.45) is 29.6 Å². The predicted octanol–water partition coefficient (Wildman–Crippen LogP) is 4.45. The van der Waals surface area contributed by atoms with Crippen molar-refractivity contribution in [3.05, 3.63) is 0 Å². The van der Waals surface area contributed by atoms with Gasteiger partial charge in [-0.15, -0.1) is 0 Å². The molecule has 11 heteroatoms. The van der Waals surface area contributed by atoms with Gasteiger partial charge in [0.2, 0.25) is 15.9 Å². The maximum atomic E-state index is 14.1. The van der Waals surface area contributed by atoms with E-state index in [0.29, 0.717) is 44.4 Å². The topological polar surface area (TPSA) is 81.8 Å². The average Bonchev–Trinajstić information content (AvgIpc) is 3.32. The summed E-state index contributed by atoms with van der Waals surface area (Å²) >= 11 is 0. The van der Waals surface area contributed by atoms with Crippen molar-refractivity contribution >= 4 is 15.9 Å². The summed E-state index contributed by atoms with van der Waals surface area (Å²) in [5.74, 6) is -0.213. The molecule has 224 valence electrons. The van der Waals surface area contributed by atoms with Crippen LogP contribution in [-0.2, 0) is 14.8 Å². The molecule has 2 N–H and O–H groups in total. The first-order valence-electron chi connectivity index (χ1n) is 15.4. The quantitative estimate of drug-likeness (QED) is 0.489. The van der Waals surface area contributed by atoms with Gasteiger partial charge in [-0.3, -0.25) is 4.79 Å². The lowest BCUT2D eigenvalue weighted by Gasteiger charge is -2.42. The number of halogens is 3. The molecule has 4 atom stereocenters. The highest BCUT2D eigenvalue weighted by Crippen LogP contribution is 2.43. The number of piperidine rings is 2. The number of nitrogens with one attached hydrogen (secondary N) is 2. The van der Waals surface area contributed by atoms with Crippen molar-refractivity contribution in [1.82, 2.24) is 20.1 Å². The normalized spacial score (nSPS) is 36.5. The van der Waals surface area contributed by atoms with Crippen molar-refractivity contribution in [3.8, 4) is 0 Å². The predicted molar refractivity (Wildman–Crippen MR) is 144 cm³/mol. The Morgan fingerprint density at radius 3 is 2.18 bits per heavy atom. The number of nitrogens with zero attached hydrogens (tertiary/aromatic N) is 2. The molecule has 39 heavy (non-hydrogen) atoms. The maximum Gasteiger partial charge on any atom is 0.406 e. The van der Waals surface area contributed by atoms with Crippen molar-refractivity contribution in [3.63, 3.8) is 0 Å². The molecule has 0 aromatic heterocycles. The second-order valence-corrected chi connectivity index (χ2v) is 15.3. The Morgan fingerprint density at radius 2 is 1.54 bits per heavy atom. The van der Waals surface area contributed by atoms with Crippen molar-refractivity contribution in [1.29, 1.82) is 0 Å². The van der Waals surface area contributed by atoms with Crippen LogP contribution in [0.1, 0.15) is 90.4 Å². The van der Waals surface area contributed by atoms with Crippen molar-refractivity contribution in [2.75, 3.05) is 26.2 Å². The summed E-state index contributed by atoms with van der Waals surface area (Å²) in [5.41, 5.74) is 2.65. The third-order valence-electron chi connectivity index (χ3n) is 10.6. The second-order valence-electron chi connectivity index (χ2n) is 13.1. The molecule has 0 bridgehead atoms. The molecule has 3 heterocycles. The standard InChI is InChI=1S/C28H47F3N4O3S/c1-19-7-9-23(10-8-19)39(37,38)34-14-11-21(12-15-34)22-13-16-35-24(17-22)25(26(33-35)28(29,30)31)27(36)32-18-20-5-3-2-4-6-20/h19-26,33H,2-18H2,1H3,(H,32,36). The first-order chi connectivity index (χ1) is 18.5. The summed E-state index contributed by atoms with van der Waals surface area (Å²) in [6, 6.07) is -2.36. The van der Waals surface area contributed by atoms with Gasteiger partial charge in [0.15, 0.2) is 0 Å². The van der Waals surface area contributed by atoms with Gasteiger partial charge in [-0.05, 0) is 87.9 Å². The fraction of sp³-hybridized carbons (Fsp3) is 0.964. The van der Waals surface area contributed by atoms with Crippen molar-refractivity contribution < 1.29 is 26.4 Å². The molecular weight excluding hydrogens is 529 g/mol. The van der Waals surface area contributed by atoms with Crippen LogP contribution in [0.4, 0.5) is 13.2 Å². The molecule has 2 saturated carbocycles. The number of amides is 1. The summed E-state index contributed by atoms with van der Waals surface area (Å²) in [7, 11) is -3.30. The van der Waals surface area contributed by atoms with Crippen molar-refractivity contribution in [2.45, 2.75) is 114 Å². The first-order valence-corrected chi connectivity index (χ1v) is 16.9. The van der Waals surface area contributed by atoms with Crippen LogP contribution >= 0.6 is 0 Å². The van der Waals surface area contributed by atoms with E-state index in [9.17, 15) is 26.4 Å². The van der Waals surface area contributed by atoms with Crippen LogP contribution < -0.4 is 10.7 Å². The molecule has 5 rings (SSSR count). The molecule has 5 aliphatic rings. The molecule has 7 nitrogen and oxygen atoms in total. The van der Waals surface area contributed by atoms with Crippen LogP contribution in [0.3, 0.4) is 0 Å². The Bertz CT molecular complexity index is 942. The Hall–Kier alpha value is -0.910. The van der Waals surface area contributed by atoms with Gasteiger partial charge in [-0.2, -0.15) is 13.2 Å². The summed E-state index contributed by atoms with van der Waals surface area (Å²) in [4.78, 5) is 13.3. The molecule has 3 saturated heterocycles. The molecule has 5 fully saturated rings. The van der Waals surface area contributed by atoms with Crippen LogP contribution in [0.5, 0.6) is 0 Å². The lowest BCUT2D eigenvalue weighted by molar-refractivity contribution is -0.169. The van der Waals surface area contributed by atoms with E-state index in [1.807, 2.05) is 0 Å². The van der Waals surface area contributed by atoms with E-state index in [1.54, 1.807) is 9.31 Å². The van der Waals surface area contributed by atoms with Gasteiger partial charge < -0.3 is 5.32 Å². The lowest BCUT2D eigenvalue weighted by Crippen LogP contribution is -2.50. The molecule has 0 aromatic carbocycles. The third-order valence-corrected chi connectivity index (χ3v) is 13.0. The SMILES string of the molecule is CC1CCC(S(=O)(=O)N2CCC(C3CCN4NC(C(F)(F)F)C(C(=O)NCC5CCCCC5)C4C3)CC2)CC1. The molecule has 0 spiro atoms. The summed E-state index contributed by atoms with van der Waals surface area (Å²) < 4.78 is 70.4. The van der Waals surface area contributed by atoms with Gasteiger partial charge >= 0.3 is 6.18 Å². The lowest BCUT2D eigenvalue weighted by atomic mass is 9.74. The maximum absolute atomic E-state index is 14.1. The Balaban J connectivity index is 1.19. The van der Waals surface area contributed by atoms with E-state index in [-0.39, 0.29) is 17.1 Å². The molecule has 2 aliphatic carbocycles. The zero-order chi connectivity index (χ0) is 27.8. The average molecular weight is 577 g/mol. The van der Waals surface area contributed by atoms with Gasteiger partial charge in [-0.25, -0.2) is 23.2 Å². The fourth-order valence-electron chi connectivity index (χ4n) is 8.13.